The van der Waals surface area contributed by atoms with Crippen LogP contribution in [0.3, 0.4) is 0 Å². The molecule has 0 aliphatic rings. The van der Waals surface area contributed by atoms with E-state index in [-0.39, 0.29) is 10.9 Å². The van der Waals surface area contributed by atoms with Gasteiger partial charge in [-0.1, -0.05) is 38.4 Å². The van der Waals surface area contributed by atoms with E-state index in [0.717, 1.165) is 6.07 Å². The zero-order valence-corrected chi connectivity index (χ0v) is 10.2. The minimum Gasteiger partial charge on any atom is -0.166 e. The topological polar surface area (TPSA) is 0 Å². The number of hydrogen-bond donors (Lipinski definition) is 0. The number of benzene rings is 1. The van der Waals surface area contributed by atoms with Crippen LogP contribution in [-0.4, -0.2) is 0 Å². The average molecular weight is 251 g/mol. The van der Waals surface area contributed by atoms with E-state index in [1.807, 2.05) is 20.8 Å². The lowest BCUT2D eigenvalue weighted by Gasteiger charge is -2.18. The van der Waals surface area contributed by atoms with Crippen molar-refractivity contribution in [2.45, 2.75) is 32.9 Å². The van der Waals surface area contributed by atoms with Gasteiger partial charge in [-0.25, -0.2) is 0 Å². The summed E-state index contributed by atoms with van der Waals surface area (Å²) in [5.74, 6) is 0.376. The lowest BCUT2D eigenvalue weighted by Crippen LogP contribution is -2.09. The molecule has 1 aromatic carbocycles. The van der Waals surface area contributed by atoms with E-state index in [1.54, 1.807) is 6.07 Å². The van der Waals surface area contributed by atoms with E-state index in [9.17, 15) is 13.2 Å². The van der Waals surface area contributed by atoms with Crippen LogP contribution in [0.1, 0.15) is 37.8 Å². The Morgan fingerprint density at radius 1 is 1.12 bits per heavy atom. The van der Waals surface area contributed by atoms with Gasteiger partial charge in [-0.05, 0) is 29.5 Å². The molecule has 4 heteroatoms. The Bertz CT molecular complexity index is 369. The lowest BCUT2D eigenvalue weighted by atomic mass is 9.89. The molecule has 0 nitrogen and oxygen atoms in total. The summed E-state index contributed by atoms with van der Waals surface area (Å²) in [4.78, 5) is 0. The van der Waals surface area contributed by atoms with Crippen LogP contribution in [0.15, 0.2) is 18.2 Å². The van der Waals surface area contributed by atoms with Gasteiger partial charge in [0.2, 0.25) is 0 Å². The molecular weight excluding hydrogens is 237 g/mol. The molecule has 16 heavy (non-hydrogen) atoms. The minimum atomic E-state index is -4.39. The summed E-state index contributed by atoms with van der Waals surface area (Å²) in [6.07, 6.45) is -4.39. The summed E-state index contributed by atoms with van der Waals surface area (Å²) in [7, 11) is 0. The van der Waals surface area contributed by atoms with Gasteiger partial charge in [0.15, 0.2) is 0 Å². The molecule has 90 valence electrons. The lowest BCUT2D eigenvalue weighted by molar-refractivity contribution is -0.137. The molecule has 0 bridgehead atoms. The van der Waals surface area contributed by atoms with Gasteiger partial charge in [-0.2, -0.15) is 13.2 Å². The first kappa shape index (κ1) is 13.4. The van der Waals surface area contributed by atoms with Crippen LogP contribution in [-0.2, 0) is 6.18 Å². The van der Waals surface area contributed by atoms with Gasteiger partial charge < -0.3 is 0 Å². The molecule has 0 spiro atoms. The molecular formula is C12H14ClF3. The molecule has 1 atom stereocenters. The Morgan fingerprint density at radius 2 is 1.69 bits per heavy atom. The van der Waals surface area contributed by atoms with E-state index in [4.69, 9.17) is 11.6 Å². The second-order valence-electron chi connectivity index (χ2n) is 4.27. The molecule has 1 unspecified atom stereocenters. The molecule has 0 radical (unpaired) electrons. The van der Waals surface area contributed by atoms with Crippen LogP contribution >= 0.6 is 11.6 Å². The molecule has 0 fully saturated rings. The van der Waals surface area contributed by atoms with E-state index in [1.165, 1.54) is 6.07 Å². The van der Waals surface area contributed by atoms with Crippen molar-refractivity contribution < 1.29 is 13.2 Å². The largest absolute Gasteiger partial charge is 0.417 e. The van der Waals surface area contributed by atoms with Gasteiger partial charge in [0.25, 0.3) is 0 Å². The molecule has 0 saturated heterocycles. The number of alkyl halides is 3. The Kier molecular flexibility index (Phi) is 3.89. The van der Waals surface area contributed by atoms with Crippen LogP contribution < -0.4 is 0 Å². The van der Waals surface area contributed by atoms with Crippen molar-refractivity contribution in [3.8, 4) is 0 Å². The zero-order valence-electron chi connectivity index (χ0n) is 9.40. The highest BCUT2D eigenvalue weighted by Gasteiger charge is 2.33. The van der Waals surface area contributed by atoms with Gasteiger partial charge in [-0.3, -0.25) is 0 Å². The van der Waals surface area contributed by atoms with E-state index >= 15 is 0 Å². The third-order valence-corrected chi connectivity index (χ3v) is 3.15. The Balaban J connectivity index is 3.18. The maximum absolute atomic E-state index is 12.6. The Labute approximate surface area is 98.4 Å². The molecule has 0 amide bonds. The summed E-state index contributed by atoms with van der Waals surface area (Å²) in [6, 6.07) is 4.12. The second kappa shape index (κ2) is 4.66. The first-order chi connectivity index (χ1) is 7.23. The third-order valence-electron chi connectivity index (χ3n) is 2.82. The van der Waals surface area contributed by atoms with Crippen molar-refractivity contribution in [3.63, 3.8) is 0 Å². The number of rotatable bonds is 2. The molecule has 1 aromatic rings. The van der Waals surface area contributed by atoms with Gasteiger partial charge in [0.1, 0.15) is 0 Å². The average Bonchev–Trinajstić information content (AvgIpc) is 2.15. The van der Waals surface area contributed by atoms with Crippen molar-refractivity contribution in [2.75, 3.05) is 0 Å². The van der Waals surface area contributed by atoms with Crippen molar-refractivity contribution in [2.24, 2.45) is 5.92 Å². The molecule has 0 heterocycles. The highest BCUT2D eigenvalue weighted by molar-refractivity contribution is 6.31. The van der Waals surface area contributed by atoms with Crippen LogP contribution in [0.25, 0.3) is 0 Å². The fourth-order valence-corrected chi connectivity index (χ4v) is 1.65. The maximum Gasteiger partial charge on any atom is 0.417 e. The minimum absolute atomic E-state index is 0.0818. The predicted molar refractivity (Wildman–Crippen MR) is 59.7 cm³/mol. The monoisotopic (exact) mass is 250 g/mol. The SMILES string of the molecule is CC(C)C(C)c1ccc(Cl)c(C(F)(F)F)c1. The summed E-state index contributed by atoms with van der Waals surface area (Å²) in [5.41, 5.74) is -0.0779. The first-order valence-corrected chi connectivity index (χ1v) is 5.48. The summed E-state index contributed by atoms with van der Waals surface area (Å²) in [5, 5.41) is -0.243. The van der Waals surface area contributed by atoms with Gasteiger partial charge in [0, 0.05) is 0 Å². The van der Waals surface area contributed by atoms with Gasteiger partial charge in [-0.15, -0.1) is 0 Å². The maximum atomic E-state index is 12.6. The van der Waals surface area contributed by atoms with Crippen LogP contribution in [0.2, 0.25) is 5.02 Å². The summed E-state index contributed by atoms with van der Waals surface area (Å²) < 4.78 is 37.8. The fraction of sp³-hybridized carbons (Fsp3) is 0.500. The highest BCUT2D eigenvalue weighted by Crippen LogP contribution is 2.37. The highest BCUT2D eigenvalue weighted by atomic mass is 35.5. The molecule has 0 aromatic heterocycles. The van der Waals surface area contributed by atoms with Crippen molar-refractivity contribution in [1.82, 2.24) is 0 Å². The molecule has 0 aliphatic heterocycles. The summed E-state index contributed by atoms with van der Waals surface area (Å²) >= 11 is 5.55. The smallest absolute Gasteiger partial charge is 0.166 e. The van der Waals surface area contributed by atoms with E-state index in [0.29, 0.717) is 11.5 Å². The van der Waals surface area contributed by atoms with Crippen LogP contribution in [0.4, 0.5) is 13.2 Å². The van der Waals surface area contributed by atoms with Gasteiger partial charge in [0.05, 0.1) is 10.6 Å². The number of halogens is 4. The quantitative estimate of drug-likeness (QED) is 0.684. The molecule has 1 rings (SSSR count). The normalized spacial score (nSPS) is 14.2. The van der Waals surface area contributed by atoms with Crippen molar-refractivity contribution in [1.29, 1.82) is 0 Å². The first-order valence-electron chi connectivity index (χ1n) is 5.10. The zero-order chi connectivity index (χ0) is 12.5. The molecule has 0 N–H and O–H groups in total. The van der Waals surface area contributed by atoms with Crippen molar-refractivity contribution >= 4 is 11.6 Å². The standard InChI is InChI=1S/C12H14ClF3/c1-7(2)8(3)9-4-5-11(13)10(6-9)12(14,15)16/h4-8H,1-3H3. The molecule has 0 saturated carbocycles. The van der Waals surface area contributed by atoms with Gasteiger partial charge >= 0.3 is 6.18 Å². The number of hydrogen-bond acceptors (Lipinski definition) is 0. The molecule has 0 aliphatic carbocycles. The van der Waals surface area contributed by atoms with E-state index < -0.39 is 11.7 Å². The Hall–Kier alpha value is -0.700. The van der Waals surface area contributed by atoms with Crippen molar-refractivity contribution in [3.05, 3.63) is 34.3 Å². The van der Waals surface area contributed by atoms with E-state index in [2.05, 4.69) is 0 Å². The van der Waals surface area contributed by atoms with Crippen LogP contribution in [0.5, 0.6) is 0 Å². The second-order valence-corrected chi connectivity index (χ2v) is 4.68. The fourth-order valence-electron chi connectivity index (χ4n) is 1.43. The Morgan fingerprint density at radius 3 is 2.12 bits per heavy atom. The predicted octanol–water partition coefficient (Wildman–Crippen LogP) is 5.12. The third kappa shape index (κ3) is 2.91. The van der Waals surface area contributed by atoms with Crippen LogP contribution in [0, 0.1) is 5.92 Å². The summed E-state index contributed by atoms with van der Waals surface area (Å²) in [6.45, 7) is 5.87.